The summed E-state index contributed by atoms with van der Waals surface area (Å²) in [5, 5.41) is 10.9. The van der Waals surface area contributed by atoms with Gasteiger partial charge in [-0.25, -0.2) is 9.78 Å². The number of H-pyrrole nitrogens is 1. The van der Waals surface area contributed by atoms with Crippen molar-refractivity contribution in [3.63, 3.8) is 0 Å². The Balaban J connectivity index is 1.74. The van der Waals surface area contributed by atoms with Crippen LogP contribution in [0.2, 0.25) is 0 Å². The zero-order valence-electron chi connectivity index (χ0n) is 19.3. The molecule has 0 fully saturated rings. The quantitative estimate of drug-likeness (QED) is 0.279. The molecule has 10 heteroatoms. The van der Waals surface area contributed by atoms with Crippen LogP contribution < -0.4 is 10.3 Å². The van der Waals surface area contributed by atoms with Crippen LogP contribution in [0.4, 0.5) is 0 Å². The van der Waals surface area contributed by atoms with E-state index in [-0.39, 0.29) is 25.3 Å². The van der Waals surface area contributed by atoms with Crippen molar-refractivity contribution in [3.8, 4) is 5.75 Å². The van der Waals surface area contributed by atoms with E-state index < -0.39 is 12.1 Å². The number of ether oxygens (including phenoxy) is 3. The Morgan fingerprint density at radius 2 is 2.12 bits per heavy atom. The molecule has 0 amide bonds. The number of carbonyl (C=O) groups excluding carboxylic acids is 1. The summed E-state index contributed by atoms with van der Waals surface area (Å²) in [4.78, 5) is 35.2. The Morgan fingerprint density at radius 3 is 2.82 bits per heavy atom. The minimum absolute atomic E-state index is 0.0896. The highest BCUT2D eigenvalue weighted by molar-refractivity contribution is 7.20. The van der Waals surface area contributed by atoms with E-state index in [1.807, 2.05) is 35.2 Å². The average molecular weight is 488 g/mol. The van der Waals surface area contributed by atoms with Crippen molar-refractivity contribution >= 4 is 27.5 Å². The molecule has 0 bridgehead atoms. The fourth-order valence-corrected chi connectivity index (χ4v) is 4.48. The van der Waals surface area contributed by atoms with Gasteiger partial charge >= 0.3 is 5.97 Å². The molecule has 34 heavy (non-hydrogen) atoms. The molecule has 1 atom stereocenters. The van der Waals surface area contributed by atoms with Crippen molar-refractivity contribution in [2.75, 3.05) is 40.0 Å². The van der Waals surface area contributed by atoms with Crippen molar-refractivity contribution in [1.29, 1.82) is 0 Å². The lowest BCUT2D eigenvalue weighted by molar-refractivity contribution is 0.0532. The van der Waals surface area contributed by atoms with Crippen LogP contribution in [0.1, 0.15) is 21.1 Å². The zero-order chi connectivity index (χ0) is 24.5. The van der Waals surface area contributed by atoms with Crippen molar-refractivity contribution in [1.82, 2.24) is 14.9 Å². The monoisotopic (exact) mass is 487 g/mol. The molecule has 0 saturated heterocycles. The number of aryl methyl sites for hydroxylation is 1. The summed E-state index contributed by atoms with van der Waals surface area (Å²) in [5.74, 6) is 0.596. The van der Waals surface area contributed by atoms with Crippen LogP contribution in [-0.4, -0.2) is 72.1 Å². The Labute approximate surface area is 201 Å². The van der Waals surface area contributed by atoms with Gasteiger partial charge in [0.1, 0.15) is 40.6 Å². The Kier molecular flexibility index (Phi) is 9.34. The number of nitrogens with zero attached hydrogens (tertiary/aromatic N) is 2. The van der Waals surface area contributed by atoms with Crippen LogP contribution >= 0.6 is 11.3 Å². The standard InChI is InChI=1S/C24H29N3O6S/c1-4-11-32-24(30)21-16(2)20-22(29)25-19(26-23(20)34-21)14-27(10-12-31-3)13-17(28)15-33-18-8-6-5-7-9-18/h4-9,17,28H,1,10-15H2,2-3H3,(H,25,26,29)/t17-/m1/s1. The van der Waals surface area contributed by atoms with Gasteiger partial charge in [0.2, 0.25) is 0 Å². The maximum atomic E-state index is 12.8. The number of aliphatic hydroxyl groups is 1. The number of hydrogen-bond donors (Lipinski definition) is 2. The van der Waals surface area contributed by atoms with Crippen molar-refractivity contribution < 1.29 is 24.1 Å². The van der Waals surface area contributed by atoms with Gasteiger partial charge < -0.3 is 24.3 Å². The molecule has 1 aromatic carbocycles. The number of aliphatic hydroxyl groups excluding tert-OH is 1. The minimum Gasteiger partial charge on any atom is -0.491 e. The Morgan fingerprint density at radius 1 is 1.35 bits per heavy atom. The molecule has 9 nitrogen and oxygen atoms in total. The third kappa shape index (κ3) is 6.73. The first-order chi connectivity index (χ1) is 16.4. The summed E-state index contributed by atoms with van der Waals surface area (Å²) < 4.78 is 15.9. The van der Waals surface area contributed by atoms with Gasteiger partial charge in [-0.1, -0.05) is 30.9 Å². The molecule has 2 heterocycles. The lowest BCUT2D eigenvalue weighted by Gasteiger charge is -2.24. The number of thiophene rings is 1. The summed E-state index contributed by atoms with van der Waals surface area (Å²) in [6.45, 7) is 6.98. The molecule has 0 unspecified atom stereocenters. The summed E-state index contributed by atoms with van der Waals surface area (Å²) in [6, 6.07) is 9.26. The molecular formula is C24H29N3O6S. The molecular weight excluding hydrogens is 458 g/mol. The van der Waals surface area contributed by atoms with Crippen molar-refractivity contribution in [2.45, 2.75) is 19.6 Å². The molecule has 3 rings (SSSR count). The maximum absolute atomic E-state index is 12.8. The minimum atomic E-state index is -0.761. The van der Waals surface area contributed by atoms with E-state index in [0.717, 1.165) is 11.3 Å². The SMILES string of the molecule is C=CCOC(=O)c1sc2nc(CN(CCOC)C[C@@H](O)COc3ccccc3)[nH]c(=O)c2c1C. The fraction of sp³-hybridized carbons (Fsp3) is 0.375. The second kappa shape index (κ2) is 12.4. The first-order valence-electron chi connectivity index (χ1n) is 10.8. The normalized spacial score (nSPS) is 12.1. The molecule has 0 aliphatic heterocycles. The van der Waals surface area contributed by atoms with Crippen LogP contribution in [0.25, 0.3) is 10.2 Å². The van der Waals surface area contributed by atoms with Crippen LogP contribution in [-0.2, 0) is 16.0 Å². The van der Waals surface area contributed by atoms with E-state index in [9.17, 15) is 14.7 Å². The Hall–Kier alpha value is -3.05. The van der Waals surface area contributed by atoms with Crippen molar-refractivity contribution in [3.05, 3.63) is 69.6 Å². The van der Waals surface area contributed by atoms with E-state index in [4.69, 9.17) is 14.2 Å². The molecule has 0 aliphatic carbocycles. The zero-order valence-corrected chi connectivity index (χ0v) is 20.1. The smallest absolute Gasteiger partial charge is 0.348 e. The first-order valence-corrected chi connectivity index (χ1v) is 11.6. The van der Waals surface area contributed by atoms with Gasteiger partial charge in [0.05, 0.1) is 18.5 Å². The third-order valence-electron chi connectivity index (χ3n) is 5.01. The lowest BCUT2D eigenvalue weighted by atomic mass is 10.2. The van der Waals surface area contributed by atoms with Gasteiger partial charge in [0.25, 0.3) is 5.56 Å². The molecule has 0 aliphatic rings. The molecule has 2 aromatic heterocycles. The number of fused-ring (bicyclic) bond motifs is 1. The van der Waals surface area contributed by atoms with Gasteiger partial charge in [0.15, 0.2) is 0 Å². The number of methoxy groups -OCH3 is 1. The van der Waals surface area contributed by atoms with E-state index in [1.54, 1.807) is 14.0 Å². The molecule has 0 radical (unpaired) electrons. The number of carbonyl (C=O) groups is 1. The van der Waals surface area contributed by atoms with Crippen LogP contribution in [0.3, 0.4) is 0 Å². The molecule has 0 spiro atoms. The molecule has 3 aromatic rings. The number of hydrogen-bond acceptors (Lipinski definition) is 9. The summed E-state index contributed by atoms with van der Waals surface area (Å²) in [7, 11) is 1.60. The fourth-order valence-electron chi connectivity index (χ4n) is 3.39. The third-order valence-corrected chi connectivity index (χ3v) is 6.17. The van der Waals surface area contributed by atoms with Gasteiger partial charge in [-0.2, -0.15) is 0 Å². The maximum Gasteiger partial charge on any atom is 0.348 e. The number of esters is 1. The first kappa shape index (κ1) is 25.6. The number of rotatable bonds is 13. The second-order valence-corrected chi connectivity index (χ2v) is 8.64. The van der Waals surface area contributed by atoms with Crippen LogP contribution in [0, 0.1) is 6.92 Å². The van der Waals surface area contributed by atoms with E-state index in [2.05, 4.69) is 16.5 Å². The summed E-state index contributed by atoms with van der Waals surface area (Å²) in [6.07, 6.45) is 0.722. The Bertz CT molecular complexity index is 1160. The highest BCUT2D eigenvalue weighted by atomic mass is 32.1. The number of aromatic nitrogens is 2. The topological polar surface area (TPSA) is 114 Å². The largest absolute Gasteiger partial charge is 0.491 e. The summed E-state index contributed by atoms with van der Waals surface area (Å²) in [5.41, 5.74) is 0.218. The van der Waals surface area contributed by atoms with Crippen LogP contribution in [0.15, 0.2) is 47.8 Å². The number of benzene rings is 1. The van der Waals surface area contributed by atoms with Gasteiger partial charge in [-0.3, -0.25) is 9.69 Å². The second-order valence-electron chi connectivity index (χ2n) is 7.64. The number of nitrogens with one attached hydrogen (secondary N) is 1. The number of para-hydroxylation sites is 1. The summed E-state index contributed by atoms with van der Waals surface area (Å²) >= 11 is 1.12. The highest BCUT2D eigenvalue weighted by Gasteiger charge is 2.21. The molecule has 2 N–H and O–H groups in total. The van der Waals surface area contributed by atoms with E-state index in [1.165, 1.54) is 6.08 Å². The molecule has 0 saturated carbocycles. The van der Waals surface area contributed by atoms with E-state index >= 15 is 0 Å². The van der Waals surface area contributed by atoms with Gasteiger partial charge in [0, 0.05) is 20.2 Å². The predicted octanol–water partition coefficient (Wildman–Crippen LogP) is 2.52. The molecule has 182 valence electrons. The van der Waals surface area contributed by atoms with Gasteiger partial charge in [-0.15, -0.1) is 11.3 Å². The van der Waals surface area contributed by atoms with Crippen molar-refractivity contribution in [2.24, 2.45) is 0 Å². The predicted molar refractivity (Wildman–Crippen MR) is 131 cm³/mol. The van der Waals surface area contributed by atoms with Crippen LogP contribution in [0.5, 0.6) is 5.75 Å². The van der Waals surface area contributed by atoms with E-state index in [0.29, 0.717) is 51.9 Å². The average Bonchev–Trinajstić information content (AvgIpc) is 3.17. The number of aromatic amines is 1. The van der Waals surface area contributed by atoms with Gasteiger partial charge in [-0.05, 0) is 24.6 Å². The lowest BCUT2D eigenvalue weighted by Crippen LogP contribution is -2.38. The highest BCUT2D eigenvalue weighted by Crippen LogP contribution is 2.27.